The van der Waals surface area contributed by atoms with Crippen molar-refractivity contribution >= 4 is 11.7 Å². The van der Waals surface area contributed by atoms with E-state index in [-0.39, 0.29) is 11.9 Å². The fourth-order valence-electron chi connectivity index (χ4n) is 2.53. The number of rotatable bonds is 3. The molecule has 0 fully saturated rings. The van der Waals surface area contributed by atoms with Gasteiger partial charge in [0.15, 0.2) is 0 Å². The van der Waals surface area contributed by atoms with Gasteiger partial charge in [-0.25, -0.2) is 4.39 Å². The van der Waals surface area contributed by atoms with Gasteiger partial charge >= 0.3 is 5.97 Å². The van der Waals surface area contributed by atoms with Gasteiger partial charge in [0.1, 0.15) is 5.82 Å². The minimum Gasteiger partial charge on any atom is -0.481 e. The predicted molar refractivity (Wildman–Crippen MR) is 68.3 cm³/mol. The van der Waals surface area contributed by atoms with Gasteiger partial charge in [0.25, 0.3) is 0 Å². The predicted octanol–water partition coefficient (Wildman–Crippen LogP) is 2.69. The average molecular weight is 251 g/mol. The maximum atomic E-state index is 13.7. The highest BCUT2D eigenvalue weighted by atomic mass is 19.1. The molecule has 1 N–H and O–H groups in total. The van der Waals surface area contributed by atoms with Crippen LogP contribution in [0.25, 0.3) is 0 Å². The number of halogens is 1. The first kappa shape index (κ1) is 12.9. The van der Waals surface area contributed by atoms with Crippen molar-refractivity contribution in [3.8, 4) is 0 Å². The summed E-state index contributed by atoms with van der Waals surface area (Å²) in [5, 5.41) is 9.17. The SMILES string of the molecule is CN1c2cccc(F)c2CC1CC(C)(C)C(=O)O. The summed E-state index contributed by atoms with van der Waals surface area (Å²) in [6.45, 7) is 3.42. The van der Waals surface area contributed by atoms with E-state index in [1.807, 2.05) is 18.0 Å². The summed E-state index contributed by atoms with van der Waals surface area (Å²) < 4.78 is 13.7. The van der Waals surface area contributed by atoms with Gasteiger partial charge in [-0.15, -0.1) is 0 Å². The van der Waals surface area contributed by atoms with Crippen LogP contribution in [0.1, 0.15) is 25.8 Å². The molecular weight excluding hydrogens is 233 g/mol. The number of carboxylic acid groups (broad SMARTS) is 1. The number of carbonyl (C=O) groups is 1. The monoisotopic (exact) mass is 251 g/mol. The van der Waals surface area contributed by atoms with E-state index in [2.05, 4.69) is 0 Å². The molecular formula is C14H18FNO2. The molecule has 0 amide bonds. The van der Waals surface area contributed by atoms with Gasteiger partial charge in [0, 0.05) is 24.3 Å². The van der Waals surface area contributed by atoms with Crippen LogP contribution < -0.4 is 4.90 Å². The van der Waals surface area contributed by atoms with Gasteiger partial charge in [-0.3, -0.25) is 4.79 Å². The number of hydrogen-bond acceptors (Lipinski definition) is 2. The molecule has 0 aromatic heterocycles. The normalized spacial score (nSPS) is 18.9. The number of hydrogen-bond donors (Lipinski definition) is 1. The summed E-state index contributed by atoms with van der Waals surface area (Å²) in [5.41, 5.74) is 0.782. The van der Waals surface area contributed by atoms with Gasteiger partial charge in [-0.1, -0.05) is 6.07 Å². The molecule has 0 bridgehead atoms. The van der Waals surface area contributed by atoms with Crippen molar-refractivity contribution < 1.29 is 14.3 Å². The van der Waals surface area contributed by atoms with Gasteiger partial charge in [0.05, 0.1) is 5.41 Å². The Balaban J connectivity index is 2.22. The standard InChI is InChI=1S/C14H18FNO2/c1-14(2,13(17)18)8-9-7-10-11(15)5-4-6-12(10)16(9)3/h4-6,9H,7-8H2,1-3H3,(H,17,18). The molecule has 3 nitrogen and oxygen atoms in total. The molecule has 1 aliphatic heterocycles. The lowest BCUT2D eigenvalue weighted by atomic mass is 9.85. The number of likely N-dealkylation sites (N-methyl/N-ethyl adjacent to an activating group) is 1. The summed E-state index contributed by atoms with van der Waals surface area (Å²) in [4.78, 5) is 13.2. The van der Waals surface area contributed by atoms with E-state index >= 15 is 0 Å². The molecule has 1 aliphatic rings. The molecule has 1 heterocycles. The number of nitrogens with zero attached hydrogens (tertiary/aromatic N) is 1. The van der Waals surface area contributed by atoms with Gasteiger partial charge in [-0.05, 0) is 38.8 Å². The van der Waals surface area contributed by atoms with Crippen molar-refractivity contribution in [3.05, 3.63) is 29.6 Å². The smallest absolute Gasteiger partial charge is 0.309 e. The fourth-order valence-corrected chi connectivity index (χ4v) is 2.53. The van der Waals surface area contributed by atoms with E-state index < -0.39 is 11.4 Å². The Morgan fingerprint density at radius 1 is 1.56 bits per heavy atom. The van der Waals surface area contributed by atoms with Crippen molar-refractivity contribution in [3.63, 3.8) is 0 Å². The Morgan fingerprint density at radius 3 is 2.78 bits per heavy atom. The fraction of sp³-hybridized carbons (Fsp3) is 0.500. The van der Waals surface area contributed by atoms with E-state index in [0.717, 1.165) is 5.69 Å². The number of carboxylic acids is 1. The van der Waals surface area contributed by atoms with Crippen LogP contribution in [0.5, 0.6) is 0 Å². The molecule has 0 aliphatic carbocycles. The van der Waals surface area contributed by atoms with Crippen LogP contribution in [0.2, 0.25) is 0 Å². The molecule has 0 saturated carbocycles. The van der Waals surface area contributed by atoms with E-state index in [0.29, 0.717) is 18.4 Å². The zero-order valence-electron chi connectivity index (χ0n) is 10.9. The Bertz CT molecular complexity index is 485. The third kappa shape index (κ3) is 2.07. The second kappa shape index (κ2) is 4.26. The highest BCUT2D eigenvalue weighted by Crippen LogP contribution is 2.37. The molecule has 1 aromatic rings. The maximum absolute atomic E-state index is 13.7. The van der Waals surface area contributed by atoms with Gasteiger partial charge in [0.2, 0.25) is 0 Å². The average Bonchev–Trinajstić information content (AvgIpc) is 2.58. The maximum Gasteiger partial charge on any atom is 0.309 e. The van der Waals surface area contributed by atoms with Crippen LogP contribution in [-0.2, 0) is 11.2 Å². The third-order valence-corrected chi connectivity index (χ3v) is 3.79. The number of aliphatic carboxylic acids is 1. The summed E-state index contributed by atoms with van der Waals surface area (Å²) in [6, 6.07) is 5.07. The molecule has 0 radical (unpaired) electrons. The van der Waals surface area contributed by atoms with Crippen molar-refractivity contribution in [2.75, 3.05) is 11.9 Å². The summed E-state index contributed by atoms with van der Waals surface area (Å²) in [7, 11) is 1.90. The Hall–Kier alpha value is -1.58. The molecule has 1 unspecified atom stereocenters. The molecule has 0 spiro atoms. The highest BCUT2D eigenvalue weighted by Gasteiger charge is 2.36. The number of anilines is 1. The molecule has 2 rings (SSSR count). The number of fused-ring (bicyclic) bond motifs is 1. The Kier molecular flexibility index (Phi) is 3.05. The first-order chi connectivity index (χ1) is 8.33. The topological polar surface area (TPSA) is 40.5 Å². The largest absolute Gasteiger partial charge is 0.481 e. The summed E-state index contributed by atoms with van der Waals surface area (Å²) in [6.07, 6.45) is 1.09. The first-order valence-electron chi connectivity index (χ1n) is 6.06. The van der Waals surface area contributed by atoms with E-state index in [9.17, 15) is 9.18 Å². The summed E-state index contributed by atoms with van der Waals surface area (Å²) in [5.74, 6) is -1.01. The van der Waals surface area contributed by atoms with E-state index in [4.69, 9.17) is 5.11 Å². The minimum absolute atomic E-state index is 0.0444. The van der Waals surface area contributed by atoms with E-state index in [1.165, 1.54) is 6.07 Å². The zero-order valence-corrected chi connectivity index (χ0v) is 10.9. The zero-order chi connectivity index (χ0) is 13.5. The van der Waals surface area contributed by atoms with Crippen LogP contribution in [0, 0.1) is 11.2 Å². The van der Waals surface area contributed by atoms with E-state index in [1.54, 1.807) is 19.9 Å². The second-order valence-electron chi connectivity index (χ2n) is 5.60. The van der Waals surface area contributed by atoms with Gasteiger partial charge < -0.3 is 10.0 Å². The lowest BCUT2D eigenvalue weighted by Crippen LogP contribution is -2.36. The Morgan fingerprint density at radius 2 is 2.22 bits per heavy atom. The molecule has 1 aromatic carbocycles. The van der Waals surface area contributed by atoms with Crippen LogP contribution in [0.15, 0.2) is 18.2 Å². The number of benzene rings is 1. The quantitative estimate of drug-likeness (QED) is 0.898. The molecule has 1 atom stereocenters. The van der Waals surface area contributed by atoms with Crippen molar-refractivity contribution in [2.24, 2.45) is 5.41 Å². The first-order valence-corrected chi connectivity index (χ1v) is 6.06. The van der Waals surface area contributed by atoms with Crippen LogP contribution in [0.4, 0.5) is 10.1 Å². The molecule has 98 valence electrons. The third-order valence-electron chi connectivity index (χ3n) is 3.79. The van der Waals surface area contributed by atoms with Crippen molar-refractivity contribution in [2.45, 2.75) is 32.7 Å². The molecule has 0 saturated heterocycles. The van der Waals surface area contributed by atoms with Crippen molar-refractivity contribution in [1.82, 2.24) is 0 Å². The van der Waals surface area contributed by atoms with Crippen molar-refractivity contribution in [1.29, 1.82) is 0 Å². The van der Waals surface area contributed by atoms with Crippen LogP contribution in [0.3, 0.4) is 0 Å². The van der Waals surface area contributed by atoms with Crippen LogP contribution in [-0.4, -0.2) is 24.2 Å². The summed E-state index contributed by atoms with van der Waals surface area (Å²) >= 11 is 0. The minimum atomic E-state index is -0.813. The van der Waals surface area contributed by atoms with Crippen LogP contribution >= 0.6 is 0 Å². The lowest BCUT2D eigenvalue weighted by Gasteiger charge is -2.29. The molecule has 18 heavy (non-hydrogen) atoms. The highest BCUT2D eigenvalue weighted by molar-refractivity contribution is 5.74. The Labute approximate surface area is 106 Å². The molecule has 4 heteroatoms. The lowest BCUT2D eigenvalue weighted by molar-refractivity contribution is -0.147. The van der Waals surface area contributed by atoms with Gasteiger partial charge in [-0.2, -0.15) is 0 Å². The second-order valence-corrected chi connectivity index (χ2v) is 5.60.